The molecule has 0 saturated heterocycles. The summed E-state index contributed by atoms with van der Waals surface area (Å²) in [6, 6.07) is 4.37. The van der Waals surface area contributed by atoms with Crippen LogP contribution >= 0.6 is 46.0 Å². The van der Waals surface area contributed by atoms with Crippen LogP contribution in [0.4, 0.5) is 13.2 Å². The number of halogens is 5. The minimum atomic E-state index is -4.35. The second-order valence-corrected chi connectivity index (χ2v) is 5.80. The van der Waals surface area contributed by atoms with Gasteiger partial charge in [-0.2, -0.15) is 13.2 Å². The Balaban J connectivity index is 3.12. The molecule has 0 fully saturated rings. The van der Waals surface area contributed by atoms with Gasteiger partial charge in [0.2, 0.25) is 0 Å². The van der Waals surface area contributed by atoms with Crippen LogP contribution in [0.1, 0.15) is 17.9 Å². The summed E-state index contributed by atoms with van der Waals surface area (Å²) in [5.41, 5.74) is -3.94. The molecule has 0 aliphatic heterocycles. The van der Waals surface area contributed by atoms with Crippen molar-refractivity contribution in [2.24, 2.45) is 0 Å². The molecule has 1 rings (SSSR count). The standard InChI is InChI=1S/C10H7ClF3IOS/c1-5(16)8(11)6-3-2-4-7(9(6)15)17-10(12,13)14/h2-4,8H,1H3. The largest absolute Gasteiger partial charge is 0.446 e. The van der Waals surface area contributed by atoms with Crippen LogP contribution in [0.3, 0.4) is 0 Å². The molecule has 0 radical (unpaired) electrons. The van der Waals surface area contributed by atoms with Crippen LogP contribution in [0.25, 0.3) is 0 Å². The molecule has 7 heteroatoms. The third-order valence-corrected chi connectivity index (χ3v) is 4.75. The summed E-state index contributed by atoms with van der Waals surface area (Å²) >= 11 is 7.41. The van der Waals surface area contributed by atoms with Crippen LogP contribution in [0.2, 0.25) is 0 Å². The Kier molecular flexibility index (Phi) is 5.15. The molecule has 0 aromatic heterocycles. The van der Waals surface area contributed by atoms with Crippen molar-refractivity contribution in [1.82, 2.24) is 0 Å². The monoisotopic (exact) mass is 394 g/mol. The van der Waals surface area contributed by atoms with Gasteiger partial charge in [0.25, 0.3) is 0 Å². The predicted molar refractivity (Wildman–Crippen MR) is 70.3 cm³/mol. The molecule has 0 bridgehead atoms. The molecule has 0 N–H and O–H groups in total. The van der Waals surface area contributed by atoms with Gasteiger partial charge >= 0.3 is 5.51 Å². The average molecular weight is 395 g/mol. The van der Waals surface area contributed by atoms with E-state index in [0.29, 0.717) is 9.13 Å². The molecule has 0 aliphatic rings. The first-order valence-corrected chi connectivity index (χ1v) is 6.74. The SMILES string of the molecule is CC(=O)C(Cl)c1cccc(SC(F)(F)F)c1I. The van der Waals surface area contributed by atoms with Crippen LogP contribution in [-0.4, -0.2) is 11.3 Å². The second kappa shape index (κ2) is 5.79. The molecule has 1 nitrogen and oxygen atoms in total. The van der Waals surface area contributed by atoms with Gasteiger partial charge in [0, 0.05) is 8.47 Å². The number of carbonyl (C=O) groups is 1. The fraction of sp³-hybridized carbons (Fsp3) is 0.300. The highest BCUT2D eigenvalue weighted by molar-refractivity contribution is 14.1. The van der Waals surface area contributed by atoms with Crippen LogP contribution in [-0.2, 0) is 4.79 Å². The smallest absolute Gasteiger partial charge is 0.298 e. The second-order valence-electron chi connectivity index (χ2n) is 3.18. The Bertz CT molecular complexity index is 436. The maximum absolute atomic E-state index is 12.3. The number of thioether (sulfide) groups is 1. The van der Waals surface area contributed by atoms with Gasteiger partial charge in [-0.1, -0.05) is 12.1 Å². The van der Waals surface area contributed by atoms with Crippen molar-refractivity contribution in [1.29, 1.82) is 0 Å². The van der Waals surface area contributed by atoms with Gasteiger partial charge in [-0.05, 0) is 52.9 Å². The molecule has 0 aliphatic carbocycles. The Morgan fingerprint density at radius 2 is 2.06 bits per heavy atom. The maximum atomic E-state index is 12.3. The number of hydrogen-bond donors (Lipinski definition) is 0. The van der Waals surface area contributed by atoms with Crippen LogP contribution in [0.15, 0.2) is 23.1 Å². The van der Waals surface area contributed by atoms with E-state index in [0.717, 1.165) is 0 Å². The highest BCUT2D eigenvalue weighted by Gasteiger charge is 2.31. The number of ketones is 1. The highest BCUT2D eigenvalue weighted by atomic mass is 127. The lowest BCUT2D eigenvalue weighted by atomic mass is 10.1. The molecular weight excluding hydrogens is 388 g/mol. The molecule has 0 amide bonds. The lowest BCUT2D eigenvalue weighted by Gasteiger charge is -2.13. The Hall–Kier alpha value is 0.0500. The Morgan fingerprint density at radius 3 is 2.53 bits per heavy atom. The van der Waals surface area contributed by atoms with Gasteiger partial charge in [-0.15, -0.1) is 11.6 Å². The van der Waals surface area contributed by atoms with Crippen LogP contribution in [0.5, 0.6) is 0 Å². The van der Waals surface area contributed by atoms with Crippen molar-refractivity contribution in [3.05, 3.63) is 27.3 Å². The van der Waals surface area contributed by atoms with E-state index in [1.54, 1.807) is 28.7 Å². The van der Waals surface area contributed by atoms with Crippen molar-refractivity contribution in [2.75, 3.05) is 0 Å². The topological polar surface area (TPSA) is 17.1 Å². The first-order valence-electron chi connectivity index (χ1n) is 4.41. The van der Waals surface area contributed by atoms with Gasteiger partial charge in [-0.3, -0.25) is 4.79 Å². The molecule has 1 aromatic rings. The van der Waals surface area contributed by atoms with E-state index >= 15 is 0 Å². The maximum Gasteiger partial charge on any atom is 0.446 e. The van der Waals surface area contributed by atoms with E-state index in [1.165, 1.54) is 19.1 Å². The first kappa shape index (κ1) is 15.1. The molecule has 1 unspecified atom stereocenters. The molecule has 17 heavy (non-hydrogen) atoms. The van der Waals surface area contributed by atoms with Gasteiger partial charge < -0.3 is 0 Å². The molecule has 0 spiro atoms. The van der Waals surface area contributed by atoms with Crippen molar-refractivity contribution < 1.29 is 18.0 Å². The fourth-order valence-corrected chi connectivity index (χ4v) is 3.12. The normalized spacial score (nSPS) is 13.5. The van der Waals surface area contributed by atoms with Gasteiger partial charge in [0.1, 0.15) is 5.38 Å². The van der Waals surface area contributed by atoms with E-state index in [4.69, 9.17) is 11.6 Å². The molecule has 1 aromatic carbocycles. The number of rotatable bonds is 3. The van der Waals surface area contributed by atoms with Crippen LogP contribution < -0.4 is 0 Å². The van der Waals surface area contributed by atoms with E-state index in [-0.39, 0.29) is 22.4 Å². The molecule has 94 valence electrons. The van der Waals surface area contributed by atoms with E-state index < -0.39 is 10.9 Å². The molecule has 0 heterocycles. The Labute approximate surface area is 119 Å². The average Bonchev–Trinajstić information content (AvgIpc) is 2.18. The molecule has 0 saturated carbocycles. The minimum absolute atomic E-state index is 0.0579. The van der Waals surface area contributed by atoms with E-state index in [2.05, 4.69) is 0 Å². The zero-order valence-corrected chi connectivity index (χ0v) is 12.2. The van der Waals surface area contributed by atoms with Gasteiger partial charge in [0.05, 0.1) is 0 Å². The quantitative estimate of drug-likeness (QED) is 0.417. The molecule has 1 atom stereocenters. The van der Waals surface area contributed by atoms with Crippen molar-refractivity contribution in [2.45, 2.75) is 22.7 Å². The summed E-state index contributed by atoms with van der Waals surface area (Å²) in [4.78, 5) is 11.2. The Morgan fingerprint density at radius 1 is 1.47 bits per heavy atom. The number of Topliss-reactive ketones (excluding diaryl/α,β-unsaturated/α-hetero) is 1. The summed E-state index contributed by atoms with van der Waals surface area (Å²) in [5.74, 6) is -0.293. The van der Waals surface area contributed by atoms with Gasteiger partial charge in [0.15, 0.2) is 5.78 Å². The highest BCUT2D eigenvalue weighted by Crippen LogP contribution is 2.41. The minimum Gasteiger partial charge on any atom is -0.298 e. The summed E-state index contributed by atoms with van der Waals surface area (Å²) in [6.07, 6.45) is 0. The summed E-state index contributed by atoms with van der Waals surface area (Å²) in [7, 11) is 0. The van der Waals surface area contributed by atoms with Crippen LogP contribution in [0, 0.1) is 3.57 Å². The third-order valence-electron chi connectivity index (χ3n) is 1.85. The van der Waals surface area contributed by atoms with Crippen molar-refractivity contribution in [3.63, 3.8) is 0 Å². The zero-order valence-electron chi connectivity index (χ0n) is 8.52. The predicted octanol–water partition coefficient (Wildman–Crippen LogP) is 4.77. The lowest BCUT2D eigenvalue weighted by Crippen LogP contribution is -2.06. The van der Waals surface area contributed by atoms with Crippen molar-refractivity contribution >= 4 is 51.7 Å². The summed E-state index contributed by atoms with van der Waals surface area (Å²) in [5, 5.41) is -0.907. The zero-order chi connectivity index (χ0) is 13.2. The van der Waals surface area contributed by atoms with Crippen molar-refractivity contribution in [3.8, 4) is 0 Å². The van der Waals surface area contributed by atoms with E-state index in [9.17, 15) is 18.0 Å². The number of hydrogen-bond acceptors (Lipinski definition) is 2. The molecular formula is C10H7ClF3IOS. The van der Waals surface area contributed by atoms with Gasteiger partial charge in [-0.25, -0.2) is 0 Å². The van der Waals surface area contributed by atoms with E-state index in [1.807, 2.05) is 0 Å². The number of benzene rings is 1. The first-order chi connectivity index (χ1) is 7.72. The number of alkyl halides is 4. The fourth-order valence-electron chi connectivity index (χ4n) is 1.15. The summed E-state index contributed by atoms with van der Waals surface area (Å²) in [6.45, 7) is 1.30. The lowest BCUT2D eigenvalue weighted by molar-refractivity contribution is -0.116. The summed E-state index contributed by atoms with van der Waals surface area (Å²) < 4.78 is 37.2. The third kappa shape index (κ3) is 4.33. The number of carbonyl (C=O) groups excluding carboxylic acids is 1.